The number of hydrogen-bond acceptors (Lipinski definition) is 3. The SMILES string of the molecule is O=C(Nc1ccccc1-c1ncc[nH]1)c1ccc(C(=O)NC2CC2)cc1. The lowest BCUT2D eigenvalue weighted by Gasteiger charge is -2.10. The first-order valence-corrected chi connectivity index (χ1v) is 8.52. The number of anilines is 1. The Balaban J connectivity index is 1.49. The number of nitrogens with one attached hydrogen (secondary N) is 3. The van der Waals surface area contributed by atoms with Crippen LogP contribution in [-0.4, -0.2) is 27.8 Å². The number of imidazole rings is 1. The lowest BCUT2D eigenvalue weighted by molar-refractivity contribution is 0.0949. The molecule has 0 aliphatic heterocycles. The molecule has 4 rings (SSSR count). The van der Waals surface area contributed by atoms with E-state index in [0.717, 1.165) is 18.4 Å². The monoisotopic (exact) mass is 346 g/mol. The molecule has 0 atom stereocenters. The molecule has 26 heavy (non-hydrogen) atoms. The van der Waals surface area contributed by atoms with Gasteiger partial charge in [0.1, 0.15) is 5.82 Å². The smallest absolute Gasteiger partial charge is 0.255 e. The minimum absolute atomic E-state index is 0.0948. The van der Waals surface area contributed by atoms with E-state index < -0.39 is 0 Å². The molecule has 1 fully saturated rings. The van der Waals surface area contributed by atoms with Crippen LogP contribution in [-0.2, 0) is 0 Å². The van der Waals surface area contributed by atoms with Gasteiger partial charge in [-0.2, -0.15) is 0 Å². The summed E-state index contributed by atoms with van der Waals surface area (Å²) in [5.41, 5.74) is 2.53. The van der Waals surface area contributed by atoms with Crippen LogP contribution in [0.25, 0.3) is 11.4 Å². The van der Waals surface area contributed by atoms with E-state index in [1.165, 1.54) is 0 Å². The summed E-state index contributed by atoms with van der Waals surface area (Å²) in [5, 5.41) is 5.84. The van der Waals surface area contributed by atoms with Gasteiger partial charge >= 0.3 is 0 Å². The molecule has 0 bridgehead atoms. The number of rotatable bonds is 5. The predicted octanol–water partition coefficient (Wildman–Crippen LogP) is 3.22. The van der Waals surface area contributed by atoms with E-state index in [0.29, 0.717) is 28.7 Å². The molecule has 2 amide bonds. The van der Waals surface area contributed by atoms with Crippen molar-refractivity contribution in [1.82, 2.24) is 15.3 Å². The van der Waals surface area contributed by atoms with Crippen molar-refractivity contribution in [3.8, 4) is 11.4 Å². The largest absolute Gasteiger partial charge is 0.349 e. The Morgan fingerprint density at radius 3 is 2.31 bits per heavy atom. The van der Waals surface area contributed by atoms with Crippen LogP contribution in [0.15, 0.2) is 60.9 Å². The number of carbonyl (C=O) groups is 2. The van der Waals surface area contributed by atoms with Gasteiger partial charge in [0.2, 0.25) is 0 Å². The maximum Gasteiger partial charge on any atom is 0.255 e. The lowest BCUT2D eigenvalue weighted by atomic mass is 10.1. The van der Waals surface area contributed by atoms with Gasteiger partial charge in [-0.3, -0.25) is 9.59 Å². The second kappa shape index (κ2) is 6.84. The first kappa shape index (κ1) is 16.1. The van der Waals surface area contributed by atoms with Gasteiger partial charge in [-0.1, -0.05) is 12.1 Å². The Morgan fingerprint density at radius 1 is 0.962 bits per heavy atom. The molecule has 2 aromatic carbocycles. The highest BCUT2D eigenvalue weighted by atomic mass is 16.2. The van der Waals surface area contributed by atoms with Crippen LogP contribution in [0.3, 0.4) is 0 Å². The van der Waals surface area contributed by atoms with Gasteiger partial charge in [0.05, 0.1) is 5.69 Å². The average Bonchev–Trinajstić information content (AvgIpc) is 3.31. The van der Waals surface area contributed by atoms with Crippen molar-refractivity contribution < 1.29 is 9.59 Å². The molecule has 1 saturated carbocycles. The number of aromatic amines is 1. The van der Waals surface area contributed by atoms with Crippen LogP contribution < -0.4 is 10.6 Å². The summed E-state index contributed by atoms with van der Waals surface area (Å²) in [7, 11) is 0. The molecule has 130 valence electrons. The maximum atomic E-state index is 12.6. The van der Waals surface area contributed by atoms with Gasteiger partial charge in [0, 0.05) is 35.1 Å². The molecule has 0 saturated heterocycles. The van der Waals surface area contributed by atoms with Crippen LogP contribution in [0.4, 0.5) is 5.69 Å². The minimum atomic E-state index is -0.238. The van der Waals surface area contributed by atoms with Gasteiger partial charge in [-0.25, -0.2) is 4.98 Å². The molecular weight excluding hydrogens is 328 g/mol. The zero-order chi connectivity index (χ0) is 17.9. The average molecular weight is 346 g/mol. The molecule has 1 aliphatic rings. The van der Waals surface area contributed by atoms with Crippen molar-refractivity contribution in [3.63, 3.8) is 0 Å². The van der Waals surface area contributed by atoms with Crippen LogP contribution in [0.5, 0.6) is 0 Å². The Labute approximate surface area is 150 Å². The second-order valence-electron chi connectivity index (χ2n) is 6.26. The number of benzene rings is 2. The topological polar surface area (TPSA) is 86.9 Å². The van der Waals surface area contributed by atoms with Crippen LogP contribution in [0, 0.1) is 0 Å². The van der Waals surface area contributed by atoms with E-state index >= 15 is 0 Å². The van der Waals surface area contributed by atoms with Crippen LogP contribution in [0.1, 0.15) is 33.6 Å². The number of aromatic nitrogens is 2. The molecule has 6 nitrogen and oxygen atoms in total. The highest BCUT2D eigenvalue weighted by molar-refractivity contribution is 6.06. The lowest BCUT2D eigenvalue weighted by Crippen LogP contribution is -2.25. The molecule has 0 radical (unpaired) electrons. The standard InChI is InChI=1S/C20H18N4O2/c25-19(23-15-9-10-15)13-5-7-14(8-6-13)20(26)24-17-4-2-1-3-16(17)18-21-11-12-22-18/h1-8,11-12,15H,9-10H2,(H,21,22)(H,23,25)(H,24,26). The first-order valence-electron chi connectivity index (χ1n) is 8.52. The van der Waals surface area contributed by atoms with Gasteiger partial charge in [0.15, 0.2) is 0 Å². The molecule has 0 spiro atoms. The zero-order valence-electron chi connectivity index (χ0n) is 14.0. The van der Waals surface area contributed by atoms with Crippen molar-refractivity contribution in [1.29, 1.82) is 0 Å². The van der Waals surface area contributed by atoms with E-state index in [9.17, 15) is 9.59 Å². The van der Waals surface area contributed by atoms with E-state index in [1.54, 1.807) is 36.7 Å². The van der Waals surface area contributed by atoms with Crippen molar-refractivity contribution in [2.24, 2.45) is 0 Å². The molecule has 1 aliphatic carbocycles. The van der Waals surface area contributed by atoms with Gasteiger partial charge in [-0.15, -0.1) is 0 Å². The van der Waals surface area contributed by atoms with E-state index in [4.69, 9.17) is 0 Å². The van der Waals surface area contributed by atoms with Crippen molar-refractivity contribution >= 4 is 17.5 Å². The number of para-hydroxylation sites is 1. The fourth-order valence-corrected chi connectivity index (χ4v) is 2.68. The molecule has 1 aromatic heterocycles. The van der Waals surface area contributed by atoms with Gasteiger partial charge < -0.3 is 15.6 Å². The molecule has 1 heterocycles. The molecule has 3 aromatic rings. The van der Waals surface area contributed by atoms with Gasteiger partial charge in [-0.05, 0) is 49.2 Å². The van der Waals surface area contributed by atoms with E-state index in [-0.39, 0.29) is 11.8 Å². The predicted molar refractivity (Wildman–Crippen MR) is 98.9 cm³/mol. The van der Waals surface area contributed by atoms with Crippen LogP contribution >= 0.6 is 0 Å². The summed E-state index contributed by atoms with van der Waals surface area (Å²) < 4.78 is 0. The summed E-state index contributed by atoms with van der Waals surface area (Å²) in [5.74, 6) is 0.355. The number of hydrogen-bond donors (Lipinski definition) is 3. The highest BCUT2D eigenvalue weighted by Gasteiger charge is 2.23. The zero-order valence-corrected chi connectivity index (χ0v) is 14.0. The molecular formula is C20H18N4O2. The maximum absolute atomic E-state index is 12.6. The Kier molecular flexibility index (Phi) is 4.23. The summed E-state index contributed by atoms with van der Waals surface area (Å²) >= 11 is 0. The highest BCUT2D eigenvalue weighted by Crippen LogP contribution is 2.25. The van der Waals surface area contributed by atoms with Crippen molar-refractivity contribution in [3.05, 3.63) is 72.1 Å². The Bertz CT molecular complexity index is 929. The molecule has 6 heteroatoms. The quantitative estimate of drug-likeness (QED) is 0.663. The molecule has 3 N–H and O–H groups in total. The third-order valence-electron chi connectivity index (χ3n) is 4.25. The second-order valence-corrected chi connectivity index (χ2v) is 6.26. The number of carbonyl (C=O) groups excluding carboxylic acids is 2. The fourth-order valence-electron chi connectivity index (χ4n) is 2.68. The minimum Gasteiger partial charge on any atom is -0.349 e. The summed E-state index contributed by atoms with van der Waals surface area (Å²) in [4.78, 5) is 31.9. The number of amides is 2. The first-order chi connectivity index (χ1) is 12.7. The van der Waals surface area contributed by atoms with E-state index in [1.807, 2.05) is 24.3 Å². The summed E-state index contributed by atoms with van der Waals surface area (Å²) in [6.45, 7) is 0. The molecule has 0 unspecified atom stereocenters. The Morgan fingerprint density at radius 2 is 1.65 bits per heavy atom. The third kappa shape index (κ3) is 3.49. The number of nitrogens with zero attached hydrogens (tertiary/aromatic N) is 1. The third-order valence-corrected chi connectivity index (χ3v) is 4.25. The fraction of sp³-hybridized carbons (Fsp3) is 0.150. The summed E-state index contributed by atoms with van der Waals surface area (Å²) in [6, 6.07) is 14.4. The van der Waals surface area contributed by atoms with E-state index in [2.05, 4.69) is 20.6 Å². The van der Waals surface area contributed by atoms with Crippen LogP contribution in [0.2, 0.25) is 0 Å². The normalized spacial score (nSPS) is 13.2. The Hall–Kier alpha value is -3.41. The number of H-pyrrole nitrogens is 1. The van der Waals surface area contributed by atoms with Crippen molar-refractivity contribution in [2.75, 3.05) is 5.32 Å². The van der Waals surface area contributed by atoms with Crippen molar-refractivity contribution in [2.45, 2.75) is 18.9 Å². The van der Waals surface area contributed by atoms with Gasteiger partial charge in [0.25, 0.3) is 11.8 Å². The summed E-state index contributed by atoms with van der Waals surface area (Å²) in [6.07, 6.45) is 5.49.